The Hall–Kier alpha value is -2.40. The van der Waals surface area contributed by atoms with E-state index >= 15 is 0 Å². The molecular formula is C21H24ClN5O2. The highest BCUT2D eigenvalue weighted by Crippen LogP contribution is 2.41. The first-order valence-corrected chi connectivity index (χ1v) is 9.85. The van der Waals surface area contributed by atoms with Gasteiger partial charge in [0.05, 0.1) is 23.7 Å². The number of nitriles is 1. The Bertz CT molecular complexity index is 967. The SMILES string of the molecule is C[C@@H]1CN(c2ccc(C#N)c3ncccc23)C[C@H](C(=O)N[C@H]2[C@@H]3CNC[C@@H]32)O1.Cl. The number of benzene rings is 1. The zero-order chi connectivity index (χ0) is 19.3. The summed E-state index contributed by atoms with van der Waals surface area (Å²) in [5.41, 5.74) is 2.24. The summed E-state index contributed by atoms with van der Waals surface area (Å²) in [6, 6.07) is 10.1. The number of amides is 1. The van der Waals surface area contributed by atoms with Crippen molar-refractivity contribution in [3.05, 3.63) is 36.0 Å². The van der Waals surface area contributed by atoms with Gasteiger partial charge in [0.15, 0.2) is 6.10 Å². The molecule has 0 unspecified atom stereocenters. The van der Waals surface area contributed by atoms with E-state index in [2.05, 4.69) is 26.6 Å². The molecule has 1 amide bonds. The Morgan fingerprint density at radius 3 is 2.86 bits per heavy atom. The van der Waals surface area contributed by atoms with Crippen LogP contribution in [0.1, 0.15) is 12.5 Å². The molecular weight excluding hydrogens is 390 g/mol. The van der Waals surface area contributed by atoms with Crippen LogP contribution in [0.2, 0.25) is 0 Å². The maximum absolute atomic E-state index is 12.8. The summed E-state index contributed by atoms with van der Waals surface area (Å²) in [5, 5.41) is 16.8. The zero-order valence-corrected chi connectivity index (χ0v) is 17.0. The molecule has 5 rings (SSSR count). The average Bonchev–Trinajstić information content (AvgIpc) is 3.12. The lowest BCUT2D eigenvalue weighted by Gasteiger charge is -2.38. The van der Waals surface area contributed by atoms with Gasteiger partial charge >= 0.3 is 0 Å². The first-order chi connectivity index (χ1) is 13.7. The fraction of sp³-hybridized carbons (Fsp3) is 0.476. The lowest BCUT2D eigenvalue weighted by atomic mass is 10.1. The molecule has 8 heteroatoms. The van der Waals surface area contributed by atoms with Crippen LogP contribution in [0, 0.1) is 23.2 Å². The number of halogens is 1. The molecule has 0 bridgehead atoms. The van der Waals surface area contributed by atoms with Crippen LogP contribution >= 0.6 is 12.4 Å². The molecule has 2 N–H and O–H groups in total. The van der Waals surface area contributed by atoms with Gasteiger partial charge in [0.2, 0.25) is 0 Å². The predicted octanol–water partition coefficient (Wildman–Crippen LogP) is 1.46. The summed E-state index contributed by atoms with van der Waals surface area (Å²) in [7, 11) is 0. The van der Waals surface area contributed by atoms with E-state index in [1.54, 1.807) is 12.3 Å². The summed E-state index contributed by atoms with van der Waals surface area (Å²) in [4.78, 5) is 19.4. The summed E-state index contributed by atoms with van der Waals surface area (Å²) in [5.74, 6) is 1.14. The second kappa shape index (κ2) is 7.79. The molecule has 7 nitrogen and oxygen atoms in total. The highest BCUT2D eigenvalue weighted by molar-refractivity contribution is 5.95. The summed E-state index contributed by atoms with van der Waals surface area (Å²) in [6.07, 6.45) is 1.14. The lowest BCUT2D eigenvalue weighted by Crippen LogP contribution is -2.53. The van der Waals surface area contributed by atoms with Gasteiger partial charge in [-0.3, -0.25) is 9.78 Å². The molecule has 29 heavy (non-hydrogen) atoms. The van der Waals surface area contributed by atoms with E-state index in [-0.39, 0.29) is 24.4 Å². The van der Waals surface area contributed by atoms with Crippen molar-refractivity contribution in [2.24, 2.45) is 11.8 Å². The standard InChI is InChI=1S/C21H23N5O2.ClH/c1-12-10-26(17-5-4-13(7-22)19-14(17)3-2-6-24-19)11-18(28-12)21(27)25-20-15-8-23-9-16(15)20;/h2-6,12,15-16,18,20,23H,8-11H2,1H3,(H,25,27);1H/t12-,15-,16+,18-,20+;/m1./s1. The van der Waals surface area contributed by atoms with Gasteiger partial charge in [-0.15, -0.1) is 12.4 Å². The second-order valence-electron chi connectivity index (χ2n) is 8.00. The number of aromatic nitrogens is 1. The first-order valence-electron chi connectivity index (χ1n) is 9.85. The highest BCUT2D eigenvalue weighted by Gasteiger charge is 2.54. The van der Waals surface area contributed by atoms with Crippen molar-refractivity contribution in [2.75, 3.05) is 31.1 Å². The van der Waals surface area contributed by atoms with Gasteiger partial charge < -0.3 is 20.3 Å². The Morgan fingerprint density at radius 2 is 2.10 bits per heavy atom. The van der Waals surface area contributed by atoms with Crippen LogP contribution in [-0.2, 0) is 9.53 Å². The topological polar surface area (TPSA) is 90.3 Å². The fourth-order valence-electron chi connectivity index (χ4n) is 4.71. The Morgan fingerprint density at radius 1 is 1.31 bits per heavy atom. The molecule has 1 saturated carbocycles. The van der Waals surface area contributed by atoms with Crippen molar-refractivity contribution < 1.29 is 9.53 Å². The van der Waals surface area contributed by atoms with Gasteiger partial charge in [0, 0.05) is 42.9 Å². The molecule has 2 aliphatic heterocycles. The number of hydrogen-bond acceptors (Lipinski definition) is 6. The third-order valence-corrected chi connectivity index (χ3v) is 6.16. The molecule has 5 atom stereocenters. The van der Waals surface area contributed by atoms with Crippen LogP contribution in [0.3, 0.4) is 0 Å². The van der Waals surface area contributed by atoms with Crippen molar-refractivity contribution in [1.29, 1.82) is 5.26 Å². The molecule has 0 radical (unpaired) electrons. The molecule has 3 aliphatic rings. The maximum Gasteiger partial charge on any atom is 0.251 e. The summed E-state index contributed by atoms with van der Waals surface area (Å²) >= 11 is 0. The molecule has 0 spiro atoms. The Kier molecular flexibility index (Phi) is 5.34. The van der Waals surface area contributed by atoms with Gasteiger partial charge in [-0.05, 0) is 43.0 Å². The van der Waals surface area contributed by atoms with Gasteiger partial charge in [-0.1, -0.05) is 0 Å². The Labute approximate surface area is 175 Å². The van der Waals surface area contributed by atoms with Crippen molar-refractivity contribution in [1.82, 2.24) is 15.6 Å². The van der Waals surface area contributed by atoms with Crippen LogP contribution in [0.4, 0.5) is 5.69 Å². The predicted molar refractivity (Wildman–Crippen MR) is 112 cm³/mol. The molecule has 152 valence electrons. The minimum absolute atomic E-state index is 0. The molecule has 3 fully saturated rings. The van der Waals surface area contributed by atoms with Crippen molar-refractivity contribution in [3.8, 4) is 6.07 Å². The van der Waals surface area contributed by atoms with E-state index in [0.29, 0.717) is 42.0 Å². The molecule has 2 saturated heterocycles. The monoisotopic (exact) mass is 413 g/mol. The van der Waals surface area contributed by atoms with Crippen LogP contribution in [0.5, 0.6) is 0 Å². The molecule has 1 aliphatic carbocycles. The van der Waals surface area contributed by atoms with Crippen LogP contribution in [-0.4, -0.2) is 55.3 Å². The minimum Gasteiger partial charge on any atom is -0.365 e. The number of nitrogens with one attached hydrogen (secondary N) is 2. The van der Waals surface area contributed by atoms with Gasteiger partial charge in [-0.25, -0.2) is 0 Å². The number of anilines is 1. The molecule has 2 aromatic rings. The number of hydrogen-bond donors (Lipinski definition) is 2. The Balaban J connectivity index is 0.00000205. The van der Waals surface area contributed by atoms with Gasteiger partial charge in [-0.2, -0.15) is 5.26 Å². The van der Waals surface area contributed by atoms with Crippen molar-refractivity contribution in [2.45, 2.75) is 25.2 Å². The summed E-state index contributed by atoms with van der Waals surface area (Å²) in [6.45, 7) is 5.17. The van der Waals surface area contributed by atoms with E-state index in [1.807, 2.05) is 25.1 Å². The van der Waals surface area contributed by atoms with Crippen LogP contribution in [0.15, 0.2) is 30.5 Å². The highest BCUT2D eigenvalue weighted by atomic mass is 35.5. The number of nitrogens with zero attached hydrogens (tertiary/aromatic N) is 3. The molecule has 1 aromatic carbocycles. The fourth-order valence-corrected chi connectivity index (χ4v) is 4.71. The maximum atomic E-state index is 12.8. The normalized spacial score (nSPS) is 30.2. The van der Waals surface area contributed by atoms with E-state index < -0.39 is 6.10 Å². The number of carbonyl (C=O) groups excluding carboxylic acids is 1. The van der Waals surface area contributed by atoms with Crippen LogP contribution < -0.4 is 15.5 Å². The number of piperidine rings is 1. The average molecular weight is 414 g/mol. The number of fused-ring (bicyclic) bond motifs is 2. The smallest absolute Gasteiger partial charge is 0.251 e. The largest absolute Gasteiger partial charge is 0.365 e. The lowest BCUT2D eigenvalue weighted by molar-refractivity contribution is -0.137. The summed E-state index contributed by atoms with van der Waals surface area (Å²) < 4.78 is 5.97. The molecule has 1 aromatic heterocycles. The van der Waals surface area contributed by atoms with Crippen molar-refractivity contribution in [3.63, 3.8) is 0 Å². The second-order valence-corrected chi connectivity index (χ2v) is 8.00. The minimum atomic E-state index is -0.500. The third kappa shape index (κ3) is 3.52. The third-order valence-electron chi connectivity index (χ3n) is 6.16. The number of carbonyl (C=O) groups is 1. The van der Waals surface area contributed by atoms with E-state index in [1.165, 1.54) is 0 Å². The number of pyridine rings is 1. The van der Waals surface area contributed by atoms with Crippen molar-refractivity contribution >= 4 is 34.9 Å². The number of rotatable bonds is 3. The first kappa shape index (κ1) is 19.9. The van der Waals surface area contributed by atoms with E-state index in [9.17, 15) is 10.1 Å². The number of morpholine rings is 1. The zero-order valence-electron chi connectivity index (χ0n) is 16.2. The molecule has 3 heterocycles. The van der Waals surface area contributed by atoms with Gasteiger partial charge in [0.25, 0.3) is 5.91 Å². The van der Waals surface area contributed by atoms with E-state index in [4.69, 9.17) is 4.74 Å². The number of ether oxygens (including phenoxy) is 1. The quantitative estimate of drug-likeness (QED) is 0.791. The van der Waals surface area contributed by atoms with Crippen LogP contribution in [0.25, 0.3) is 10.9 Å². The van der Waals surface area contributed by atoms with E-state index in [0.717, 1.165) is 24.2 Å². The van der Waals surface area contributed by atoms with Gasteiger partial charge in [0.1, 0.15) is 6.07 Å².